The van der Waals surface area contributed by atoms with Gasteiger partial charge >= 0.3 is 187 Å². The summed E-state index contributed by atoms with van der Waals surface area (Å²) in [5.74, 6) is -5.42. The standard InChI is InChI=1S/C36H57IN11O10.C9H9N.C4H6N2.C4H10.C3H8/c1-21(2)14-24(10-13-29(51)40-16-28(39)50)46-33(55)19-42-30(52)17-41-31(53)18-43-34(56)22(3)45-32(54)20-44-35(57)25(11-12-27(38)49)47-36(58)26(48-37-4)15-23-8-6-5-7-9-23;1-7-6-10-9-5-3-2-4-8(7)9;1-4-2-5-3-6-4;1-4(2)3;1-3-2/h5-9,21-22,24-26,48H,10-20H2,1-4H3,(H2,38,49)(H2,39,50)(H,40,51)(H,41,53)(H,42,52)(H,43,56)(H,44,57)(H,45,54)(H,46,55)(H,47,58);2-6,10H,1H3;2-3H,1H3,(H,5,6);4H,1-3H3;3H2,1-2H3/q-1;;;;. The summed E-state index contributed by atoms with van der Waals surface area (Å²) in [6.45, 7) is 17.7. The summed E-state index contributed by atoms with van der Waals surface area (Å²) < 4.78 is 3.18. The van der Waals surface area contributed by atoms with Crippen molar-refractivity contribution in [2.75, 3.05) is 37.7 Å². The second-order valence-electron chi connectivity index (χ2n) is 19.8. The van der Waals surface area contributed by atoms with Crippen molar-refractivity contribution in [3.8, 4) is 0 Å². The van der Waals surface area contributed by atoms with Crippen LogP contribution >= 0.6 is 0 Å². The van der Waals surface area contributed by atoms with Crippen LogP contribution in [0.25, 0.3) is 10.9 Å². The summed E-state index contributed by atoms with van der Waals surface area (Å²) in [7, 11) is 0. The van der Waals surface area contributed by atoms with E-state index in [2.05, 4.69) is 121 Å². The van der Waals surface area contributed by atoms with Gasteiger partial charge in [-0.25, -0.2) is 4.98 Å². The fourth-order valence-electron chi connectivity index (χ4n) is 6.66. The quantitative estimate of drug-likeness (QED) is 0.0180. The molecular weight excluding hydrogens is 1160 g/mol. The number of amides is 10. The van der Waals surface area contributed by atoms with Crippen molar-refractivity contribution in [3.63, 3.8) is 0 Å². The van der Waals surface area contributed by atoms with Gasteiger partial charge in [0, 0.05) is 41.5 Å². The van der Waals surface area contributed by atoms with E-state index >= 15 is 0 Å². The van der Waals surface area contributed by atoms with Crippen molar-refractivity contribution in [1.29, 1.82) is 0 Å². The van der Waals surface area contributed by atoms with Gasteiger partial charge in [0.25, 0.3) is 0 Å². The van der Waals surface area contributed by atoms with Gasteiger partial charge in [0.05, 0.1) is 32.5 Å². The molecule has 4 aromatic rings. The molecule has 10 amide bonds. The van der Waals surface area contributed by atoms with Crippen LogP contribution in [0.1, 0.15) is 111 Å². The predicted octanol–water partition coefficient (Wildman–Crippen LogP) is -1.27. The van der Waals surface area contributed by atoms with Crippen LogP contribution in [0.5, 0.6) is 0 Å². The number of imidazole rings is 1. The summed E-state index contributed by atoms with van der Waals surface area (Å²) >= 11 is -0.518. The Morgan fingerprint density at radius 2 is 1.14 bits per heavy atom. The molecule has 4 unspecified atom stereocenters. The molecule has 0 aliphatic rings. The van der Waals surface area contributed by atoms with Gasteiger partial charge < -0.3 is 42.3 Å². The SMILES string of the molecule is CC(C)C.CCC.C[I-]NC(Cc1ccccc1)C(=O)NC(CCC(N)=O)C(=O)NCC(=O)NC(C)C(=O)NCC(=O)NCC(=O)NCC(=O)NC(CCC(=O)NCC(N)=O)CC(C)C.Cc1c[nH]c2ccccc12.Cc1cnc[nH]1. The Bertz CT molecular complexity index is 2500. The van der Waals surface area contributed by atoms with Crippen LogP contribution in [0.4, 0.5) is 0 Å². The molecule has 4 rings (SSSR count). The Balaban J connectivity index is 0.00000226. The van der Waals surface area contributed by atoms with Crippen molar-refractivity contribution in [1.82, 2.24) is 61.0 Å². The van der Waals surface area contributed by atoms with Crippen molar-refractivity contribution < 1.29 is 69.4 Å². The van der Waals surface area contributed by atoms with E-state index in [0.29, 0.717) is 19.3 Å². The number of para-hydroxylation sites is 1. The molecule has 0 saturated heterocycles. The smallest absolute Gasteiger partial charge is 0.368 e. The number of carbonyl (C=O) groups is 10. The van der Waals surface area contributed by atoms with Crippen molar-refractivity contribution in [2.45, 2.75) is 138 Å². The van der Waals surface area contributed by atoms with Crippen molar-refractivity contribution >= 4 is 70.0 Å². The van der Waals surface area contributed by atoms with Crippen LogP contribution in [0.15, 0.2) is 73.3 Å². The summed E-state index contributed by atoms with van der Waals surface area (Å²) in [6.07, 6.45) is 7.65. The third kappa shape index (κ3) is 38.0. The maximum atomic E-state index is 13.2. The Labute approximate surface area is 487 Å². The first-order chi connectivity index (χ1) is 38.3. The number of benzene rings is 2. The molecule has 15 N–H and O–H groups in total. The molecule has 4 atom stereocenters. The number of alkyl halides is 1. The molecule has 0 radical (unpaired) electrons. The van der Waals surface area contributed by atoms with Gasteiger partial charge in [0.2, 0.25) is 29.5 Å². The van der Waals surface area contributed by atoms with Gasteiger partial charge in [0.1, 0.15) is 0 Å². The Morgan fingerprint density at radius 3 is 1.67 bits per heavy atom. The number of fused-ring (bicyclic) bond motifs is 1. The number of carbonyl (C=O) groups excluding carboxylic acids is 10. The first-order valence-electron chi connectivity index (χ1n) is 26.9. The van der Waals surface area contributed by atoms with Crippen LogP contribution in [0.2, 0.25) is 0 Å². The number of hydrogen-bond acceptors (Lipinski definition) is 12. The number of nitrogens with one attached hydrogen (secondary N) is 11. The summed E-state index contributed by atoms with van der Waals surface area (Å²) in [4.78, 5) is 134. The van der Waals surface area contributed by atoms with Crippen molar-refractivity contribution in [2.24, 2.45) is 23.3 Å². The number of nitrogens with two attached hydrogens (primary N) is 2. The maximum absolute atomic E-state index is 13.2. The molecule has 2 aromatic carbocycles. The summed E-state index contributed by atoms with van der Waals surface area (Å²) in [5, 5.41) is 20.8. The van der Waals surface area contributed by atoms with Gasteiger partial charge in [-0.1, -0.05) is 73.1 Å². The number of rotatable bonds is 28. The third-order valence-corrected chi connectivity index (χ3v) is 11.8. The van der Waals surface area contributed by atoms with E-state index in [1.54, 1.807) is 12.5 Å². The zero-order valence-corrected chi connectivity index (χ0v) is 51.1. The molecule has 2 heterocycles. The summed E-state index contributed by atoms with van der Waals surface area (Å²) in [5.41, 5.74) is 14.8. The van der Waals surface area contributed by atoms with Crippen LogP contribution in [-0.2, 0) is 54.4 Å². The molecule has 0 bridgehead atoms. The molecule has 452 valence electrons. The van der Waals surface area contributed by atoms with E-state index in [1.165, 1.54) is 29.8 Å². The zero-order valence-electron chi connectivity index (χ0n) is 48.9. The Kier molecular flexibility index (Phi) is 39.4. The monoisotopic (exact) mass is 1250 g/mol. The van der Waals surface area contributed by atoms with Crippen LogP contribution in [0.3, 0.4) is 0 Å². The van der Waals surface area contributed by atoms with Gasteiger partial charge in [-0.3, -0.25) is 28.8 Å². The molecule has 0 aliphatic carbocycles. The Morgan fingerprint density at radius 1 is 0.593 bits per heavy atom. The van der Waals surface area contributed by atoms with Crippen molar-refractivity contribution in [3.05, 3.63) is 90.1 Å². The van der Waals surface area contributed by atoms with Gasteiger partial charge in [-0.05, 0) is 50.2 Å². The summed E-state index contributed by atoms with van der Waals surface area (Å²) in [6, 6.07) is 14.2. The third-order valence-electron chi connectivity index (χ3n) is 10.4. The van der Waals surface area contributed by atoms with Gasteiger partial charge in [0.15, 0.2) is 0 Å². The zero-order chi connectivity index (χ0) is 61.3. The Hall–Kier alpha value is -7.42. The van der Waals surface area contributed by atoms with E-state index in [1.807, 2.05) is 68.3 Å². The normalized spacial score (nSPS) is 11.8. The topological polar surface area (TPSA) is 375 Å². The molecular formula is C56H90IN14O10-. The second-order valence-corrected chi connectivity index (χ2v) is 21.5. The van der Waals surface area contributed by atoms with E-state index in [4.69, 9.17) is 11.5 Å². The van der Waals surface area contributed by atoms with Crippen LogP contribution in [-0.4, -0.2) is 136 Å². The number of aromatic nitrogens is 3. The number of H-pyrrole nitrogens is 2. The van der Waals surface area contributed by atoms with E-state index < -0.39 is 125 Å². The first kappa shape index (κ1) is 73.6. The fraction of sp³-hybridized carbons (Fsp3) is 0.518. The predicted molar refractivity (Wildman–Crippen MR) is 309 cm³/mol. The molecule has 81 heavy (non-hydrogen) atoms. The minimum absolute atomic E-state index is 0.0432. The number of halogens is 1. The van der Waals surface area contributed by atoms with E-state index in [9.17, 15) is 47.9 Å². The van der Waals surface area contributed by atoms with Gasteiger partial charge in [-0.2, -0.15) is 0 Å². The average Bonchev–Trinajstić information content (AvgIpc) is 4.06. The molecule has 0 saturated carbocycles. The minimum Gasteiger partial charge on any atom is -0.368 e. The van der Waals surface area contributed by atoms with Crippen LogP contribution in [0, 0.1) is 25.7 Å². The number of aromatic amines is 2. The number of hydrogen-bond donors (Lipinski definition) is 13. The molecule has 24 nitrogen and oxygen atoms in total. The second kappa shape index (κ2) is 43.4. The molecule has 0 aliphatic heterocycles. The van der Waals surface area contributed by atoms with Gasteiger partial charge in [-0.15, -0.1) is 0 Å². The number of nitrogens with zero attached hydrogens (tertiary/aromatic N) is 1. The molecule has 25 heteroatoms. The number of primary amides is 2. The molecule has 0 spiro atoms. The molecule has 2 aromatic heterocycles. The van der Waals surface area contributed by atoms with Crippen LogP contribution < -0.4 is 79.0 Å². The first-order valence-corrected chi connectivity index (χ1v) is 30.1. The fourth-order valence-corrected chi connectivity index (χ4v) is 7.91. The van der Waals surface area contributed by atoms with E-state index in [-0.39, 0.29) is 37.8 Å². The van der Waals surface area contributed by atoms with E-state index in [0.717, 1.165) is 17.2 Å². The molecule has 0 fully saturated rings. The number of aryl methyl sites for hydroxylation is 2. The minimum atomic E-state index is -1.18. The average molecular weight is 1250 g/mol.